The monoisotopic (exact) mass is 396 g/mol. The van der Waals surface area contributed by atoms with E-state index < -0.39 is 8.17 Å². The Labute approximate surface area is 161 Å². The van der Waals surface area contributed by atoms with Crippen LogP contribution in [0.4, 0.5) is 0 Å². The minimum absolute atomic E-state index is 0.454. The van der Waals surface area contributed by atoms with Gasteiger partial charge in [-0.3, -0.25) is 0 Å². The molecule has 7 nitrogen and oxygen atoms in total. The molecule has 0 bridgehead atoms. The second-order valence-corrected chi connectivity index (χ2v) is 8.29. The van der Waals surface area contributed by atoms with Crippen LogP contribution in [0.5, 0.6) is 0 Å². The van der Waals surface area contributed by atoms with Crippen molar-refractivity contribution in [2.24, 2.45) is 17.2 Å². The first-order chi connectivity index (χ1) is 12.7. The van der Waals surface area contributed by atoms with Crippen molar-refractivity contribution in [2.75, 3.05) is 39.5 Å². The normalized spacial score (nSPS) is 12.0. The third-order valence-electron chi connectivity index (χ3n) is 4.06. The van der Waals surface area contributed by atoms with Gasteiger partial charge < -0.3 is 17.2 Å². The van der Waals surface area contributed by atoms with Crippen molar-refractivity contribution in [3.8, 4) is 0 Å². The first-order valence-corrected chi connectivity index (χ1v) is 11.8. The van der Waals surface area contributed by atoms with Crippen molar-refractivity contribution in [3.05, 3.63) is 0 Å². The molecular formula is C18H43N3O4P+. The topological polar surface area (TPSA) is 126 Å². The maximum atomic E-state index is 10.6. The highest BCUT2D eigenvalue weighted by atomic mass is 31.2. The van der Waals surface area contributed by atoms with Crippen LogP contribution in [-0.2, 0) is 13.6 Å². The Morgan fingerprint density at radius 2 is 0.731 bits per heavy atom. The molecule has 0 rings (SSSR count). The fraction of sp³-hybridized carbons (Fsp3) is 1.00. The van der Waals surface area contributed by atoms with E-state index in [0.717, 1.165) is 96.7 Å². The molecule has 0 aliphatic rings. The average molecular weight is 397 g/mol. The zero-order chi connectivity index (χ0) is 19.3. The molecule has 0 unspecified atom stereocenters. The van der Waals surface area contributed by atoms with Crippen molar-refractivity contribution >= 4 is 8.17 Å². The van der Waals surface area contributed by atoms with Crippen molar-refractivity contribution in [3.63, 3.8) is 0 Å². The minimum atomic E-state index is -3.21. The predicted octanol–water partition coefficient (Wildman–Crippen LogP) is 3.26. The summed E-state index contributed by atoms with van der Waals surface area (Å²) in [5.74, 6) is 0. The van der Waals surface area contributed by atoms with Crippen LogP contribution in [0.2, 0.25) is 0 Å². The maximum absolute atomic E-state index is 10.6. The van der Waals surface area contributed by atoms with E-state index >= 15 is 0 Å². The van der Waals surface area contributed by atoms with Crippen LogP contribution in [0.1, 0.15) is 77.0 Å². The van der Waals surface area contributed by atoms with Crippen LogP contribution in [-0.4, -0.2) is 44.3 Å². The second kappa shape index (κ2) is 19.9. The van der Waals surface area contributed by atoms with Crippen LogP contribution >= 0.6 is 8.17 Å². The molecule has 0 aromatic heterocycles. The Kier molecular flexibility index (Phi) is 20.0. The molecule has 0 aliphatic heterocycles. The molecule has 0 atom stereocenters. The number of hydrogen-bond donors (Lipinski definition) is 4. The van der Waals surface area contributed by atoms with E-state index in [2.05, 4.69) is 0 Å². The Balaban J connectivity index is 4.02. The molecule has 7 N–H and O–H groups in total. The summed E-state index contributed by atoms with van der Waals surface area (Å²) < 4.78 is 16.8. The van der Waals surface area contributed by atoms with Crippen LogP contribution in [0.15, 0.2) is 0 Å². The van der Waals surface area contributed by atoms with Crippen LogP contribution < -0.4 is 17.2 Å². The van der Waals surface area contributed by atoms with E-state index in [1.807, 2.05) is 0 Å². The van der Waals surface area contributed by atoms with Gasteiger partial charge in [-0.15, -0.1) is 0 Å². The van der Waals surface area contributed by atoms with Gasteiger partial charge in [-0.25, -0.2) is 0 Å². The number of rotatable bonds is 21. The summed E-state index contributed by atoms with van der Waals surface area (Å²) in [7, 11) is -3.21. The minimum Gasteiger partial charge on any atom is -0.330 e. The number of hydrogen-bond acceptors (Lipinski definition) is 7. The van der Waals surface area contributed by atoms with Crippen molar-refractivity contribution in [1.82, 2.24) is 0 Å². The van der Waals surface area contributed by atoms with Gasteiger partial charge in [0.15, 0.2) is 0 Å². The van der Waals surface area contributed by atoms with E-state index in [0.29, 0.717) is 19.8 Å². The summed E-state index contributed by atoms with van der Waals surface area (Å²) >= 11 is 0. The van der Waals surface area contributed by atoms with Gasteiger partial charge in [0.2, 0.25) is 0 Å². The zero-order valence-corrected chi connectivity index (χ0v) is 17.5. The Morgan fingerprint density at radius 1 is 0.462 bits per heavy atom. The van der Waals surface area contributed by atoms with Gasteiger partial charge in [0.1, 0.15) is 19.8 Å². The molecule has 0 aromatic rings. The van der Waals surface area contributed by atoms with Crippen LogP contribution in [0.25, 0.3) is 0 Å². The predicted molar refractivity (Wildman–Crippen MR) is 110 cm³/mol. The largest absolute Gasteiger partial charge is 0.572 e. The molecule has 0 aliphatic carbocycles. The van der Waals surface area contributed by atoms with E-state index in [-0.39, 0.29) is 0 Å². The van der Waals surface area contributed by atoms with Crippen molar-refractivity contribution in [1.29, 1.82) is 0 Å². The lowest BCUT2D eigenvalue weighted by Crippen LogP contribution is -2.10. The summed E-state index contributed by atoms with van der Waals surface area (Å²) in [4.78, 5) is 10.6. The molecule has 0 heterocycles. The van der Waals surface area contributed by atoms with Gasteiger partial charge in [-0.2, -0.15) is 18.5 Å². The summed E-state index contributed by atoms with van der Waals surface area (Å²) in [5.41, 5.74) is 16.5. The van der Waals surface area contributed by atoms with Crippen LogP contribution in [0.3, 0.4) is 0 Å². The van der Waals surface area contributed by atoms with Crippen molar-refractivity contribution in [2.45, 2.75) is 77.0 Å². The number of nitrogens with two attached hydrogens (primary N) is 3. The van der Waals surface area contributed by atoms with Gasteiger partial charge in [-0.1, -0.05) is 38.5 Å². The molecule has 0 saturated heterocycles. The molecule has 0 aromatic carbocycles. The smallest absolute Gasteiger partial charge is 0.330 e. The lowest BCUT2D eigenvalue weighted by atomic mass is 10.2. The van der Waals surface area contributed by atoms with Gasteiger partial charge in [0.25, 0.3) is 0 Å². The lowest BCUT2D eigenvalue weighted by Gasteiger charge is -2.15. The summed E-state index contributed by atoms with van der Waals surface area (Å²) in [6, 6.07) is 0. The third kappa shape index (κ3) is 17.6. The Hall–Kier alpha value is 0.150. The van der Waals surface area contributed by atoms with Gasteiger partial charge in [0.05, 0.1) is 0 Å². The van der Waals surface area contributed by atoms with E-state index in [4.69, 9.17) is 30.8 Å². The lowest BCUT2D eigenvalue weighted by molar-refractivity contribution is 0.0773. The third-order valence-corrected chi connectivity index (χ3v) is 5.59. The highest BCUT2D eigenvalue weighted by molar-refractivity contribution is 7.55. The molecule has 158 valence electrons. The van der Waals surface area contributed by atoms with Gasteiger partial charge in [-0.05, 0) is 58.2 Å². The molecule has 0 amide bonds. The molecule has 26 heavy (non-hydrogen) atoms. The molecule has 0 saturated carbocycles. The molecular weight excluding hydrogens is 353 g/mol. The van der Waals surface area contributed by atoms with Crippen LogP contribution in [0, 0.1) is 0 Å². The average Bonchev–Trinajstić information content (AvgIpc) is 2.64. The fourth-order valence-corrected chi connectivity index (χ4v) is 3.75. The summed E-state index contributed by atoms with van der Waals surface area (Å²) in [6.45, 7) is 3.52. The Morgan fingerprint density at radius 3 is 1.00 bits per heavy atom. The number of unbranched alkanes of at least 4 members (excludes halogenated alkanes) is 9. The van der Waals surface area contributed by atoms with Crippen molar-refractivity contribution < 1.29 is 18.5 Å². The van der Waals surface area contributed by atoms with E-state index in [9.17, 15) is 4.89 Å². The van der Waals surface area contributed by atoms with E-state index in [1.165, 1.54) is 0 Å². The quantitative estimate of drug-likeness (QED) is 0.173. The highest BCUT2D eigenvalue weighted by Crippen LogP contribution is 2.58. The first kappa shape index (κ1) is 26.1. The maximum Gasteiger partial charge on any atom is 0.572 e. The Bertz CT molecular complexity index is 248. The molecule has 0 fully saturated rings. The SMILES string of the molecule is NCCCCCCO[P+](O)(OCCCCCCN)OCCCCCCN. The zero-order valence-electron chi connectivity index (χ0n) is 16.6. The molecule has 0 spiro atoms. The van der Waals surface area contributed by atoms with E-state index in [1.54, 1.807) is 0 Å². The summed E-state index contributed by atoms with van der Waals surface area (Å²) in [6.07, 6.45) is 12.1. The van der Waals surface area contributed by atoms with Gasteiger partial charge >= 0.3 is 8.17 Å². The van der Waals surface area contributed by atoms with Gasteiger partial charge in [0, 0.05) is 0 Å². The molecule has 0 radical (unpaired) electrons. The second-order valence-electron chi connectivity index (χ2n) is 6.58. The molecule has 8 heteroatoms. The highest BCUT2D eigenvalue weighted by Gasteiger charge is 2.44. The fourth-order valence-electron chi connectivity index (χ4n) is 2.45. The summed E-state index contributed by atoms with van der Waals surface area (Å²) in [5, 5.41) is 0. The first-order valence-electron chi connectivity index (χ1n) is 10.3. The standard InChI is InChI=1S/C18H43N3O4P/c19-13-7-1-4-10-16-23-26(22,24-17-11-5-2-8-14-20)25-18-12-6-3-9-15-21/h22H,1-21H2/q+1.